The number of hydrogen-bond donors (Lipinski definition) is 0. The lowest BCUT2D eigenvalue weighted by Crippen LogP contribution is -2.16. The minimum Gasteiger partial charge on any atom is -0.289 e. The summed E-state index contributed by atoms with van der Waals surface area (Å²) in [6, 6.07) is 7.01. The minimum atomic E-state index is -1.58. The van der Waals surface area contributed by atoms with Crippen LogP contribution >= 0.6 is 0 Å². The zero-order chi connectivity index (χ0) is 12.9. The van der Waals surface area contributed by atoms with Gasteiger partial charge in [0, 0.05) is 11.1 Å². The molecule has 1 aliphatic rings. The molecule has 0 bridgehead atoms. The Hall–Kier alpha value is -1.88. The van der Waals surface area contributed by atoms with E-state index in [2.05, 4.69) is 0 Å². The van der Waals surface area contributed by atoms with Crippen LogP contribution in [0.15, 0.2) is 46.2 Å². The van der Waals surface area contributed by atoms with Gasteiger partial charge in [-0.05, 0) is 36.4 Å². The van der Waals surface area contributed by atoms with E-state index in [1.54, 1.807) is 0 Å². The molecule has 1 heterocycles. The number of hydrogen-bond acceptors (Lipinski definition) is 2. The van der Waals surface area contributed by atoms with Crippen LogP contribution in [0.5, 0.6) is 0 Å². The third-order valence-corrected chi connectivity index (χ3v) is 4.28. The molecular formula is C13H6F2O2S. The SMILES string of the molecule is O=C1c2cc(F)ccc2S(=O)c2ccc(F)cc21. The largest absolute Gasteiger partial charge is 0.289 e. The summed E-state index contributed by atoms with van der Waals surface area (Å²) < 4.78 is 38.4. The molecule has 0 fully saturated rings. The molecule has 3 rings (SSSR count). The second-order valence-electron chi connectivity index (χ2n) is 3.88. The predicted molar refractivity (Wildman–Crippen MR) is 60.9 cm³/mol. The molecule has 0 N–H and O–H groups in total. The Balaban J connectivity index is 2.32. The van der Waals surface area contributed by atoms with E-state index in [0.29, 0.717) is 0 Å². The Morgan fingerprint density at radius 1 is 0.833 bits per heavy atom. The van der Waals surface area contributed by atoms with Crippen molar-refractivity contribution < 1.29 is 17.8 Å². The van der Waals surface area contributed by atoms with Gasteiger partial charge in [0.25, 0.3) is 0 Å². The predicted octanol–water partition coefficient (Wildman–Crippen LogP) is 2.68. The standard InChI is InChI=1S/C13H6F2O2S/c14-7-1-3-11-9(5-7)13(16)10-6-8(15)2-4-12(10)18(11)17/h1-6H. The average Bonchev–Trinajstić information content (AvgIpc) is 2.35. The second kappa shape index (κ2) is 3.81. The Bertz CT molecular complexity index is 653. The van der Waals surface area contributed by atoms with Gasteiger partial charge in [-0.1, -0.05) is 0 Å². The lowest BCUT2D eigenvalue weighted by molar-refractivity contribution is 0.103. The molecule has 0 saturated heterocycles. The van der Waals surface area contributed by atoms with Gasteiger partial charge < -0.3 is 0 Å². The van der Waals surface area contributed by atoms with E-state index in [4.69, 9.17) is 0 Å². The van der Waals surface area contributed by atoms with Gasteiger partial charge in [0.15, 0.2) is 5.78 Å². The van der Waals surface area contributed by atoms with E-state index in [1.165, 1.54) is 12.1 Å². The first kappa shape index (κ1) is 11.2. The molecule has 0 aromatic heterocycles. The molecule has 90 valence electrons. The van der Waals surface area contributed by atoms with Crippen molar-refractivity contribution in [3.05, 3.63) is 59.2 Å². The van der Waals surface area contributed by atoms with Gasteiger partial charge in [0.2, 0.25) is 0 Å². The molecule has 1 aliphatic heterocycles. The highest BCUT2D eigenvalue weighted by atomic mass is 32.2. The van der Waals surface area contributed by atoms with Crippen molar-refractivity contribution in [2.24, 2.45) is 0 Å². The molecule has 5 heteroatoms. The quantitative estimate of drug-likeness (QED) is 0.625. The van der Waals surface area contributed by atoms with Crippen molar-refractivity contribution in [2.45, 2.75) is 9.79 Å². The van der Waals surface area contributed by atoms with Crippen molar-refractivity contribution in [1.29, 1.82) is 0 Å². The summed E-state index contributed by atoms with van der Waals surface area (Å²) in [5.41, 5.74) is 0.0675. The number of rotatable bonds is 0. The fourth-order valence-electron chi connectivity index (χ4n) is 1.95. The summed E-state index contributed by atoms with van der Waals surface area (Å²) in [6.07, 6.45) is 0. The second-order valence-corrected chi connectivity index (χ2v) is 5.30. The van der Waals surface area contributed by atoms with E-state index < -0.39 is 28.2 Å². The maximum Gasteiger partial charge on any atom is 0.195 e. The first-order valence-electron chi connectivity index (χ1n) is 5.13. The maximum absolute atomic E-state index is 13.1. The van der Waals surface area contributed by atoms with E-state index >= 15 is 0 Å². The Labute approximate surface area is 104 Å². The first-order valence-corrected chi connectivity index (χ1v) is 6.28. The molecule has 2 aromatic rings. The fraction of sp³-hybridized carbons (Fsp3) is 0. The van der Waals surface area contributed by atoms with Crippen molar-refractivity contribution >= 4 is 16.6 Å². The molecule has 0 unspecified atom stereocenters. The van der Waals surface area contributed by atoms with Gasteiger partial charge >= 0.3 is 0 Å². The summed E-state index contributed by atoms with van der Waals surface area (Å²) in [4.78, 5) is 12.6. The lowest BCUT2D eigenvalue weighted by atomic mass is 10.0. The summed E-state index contributed by atoms with van der Waals surface area (Å²) in [6.45, 7) is 0. The van der Waals surface area contributed by atoms with Crippen LogP contribution in [0.3, 0.4) is 0 Å². The highest BCUT2D eigenvalue weighted by Crippen LogP contribution is 2.32. The van der Waals surface area contributed by atoms with Crippen LogP contribution in [0, 0.1) is 11.6 Å². The number of halogens is 2. The number of ketones is 1. The van der Waals surface area contributed by atoms with Gasteiger partial charge in [-0.25, -0.2) is 13.0 Å². The zero-order valence-electron chi connectivity index (χ0n) is 8.94. The maximum atomic E-state index is 13.1. The number of benzene rings is 2. The van der Waals surface area contributed by atoms with Gasteiger partial charge in [0.05, 0.1) is 20.6 Å². The Morgan fingerprint density at radius 2 is 1.28 bits per heavy atom. The lowest BCUT2D eigenvalue weighted by Gasteiger charge is -2.17. The van der Waals surface area contributed by atoms with Crippen molar-refractivity contribution in [3.63, 3.8) is 0 Å². The average molecular weight is 264 g/mol. The summed E-state index contributed by atoms with van der Waals surface area (Å²) in [5.74, 6) is -1.67. The topological polar surface area (TPSA) is 34.1 Å². The fourth-order valence-corrected chi connectivity index (χ4v) is 3.27. The van der Waals surface area contributed by atoms with Crippen LogP contribution < -0.4 is 0 Å². The Morgan fingerprint density at radius 3 is 1.72 bits per heavy atom. The molecule has 0 saturated carbocycles. The molecule has 0 amide bonds. The van der Waals surface area contributed by atoms with E-state index in [1.807, 2.05) is 0 Å². The van der Waals surface area contributed by atoms with Crippen LogP contribution in [0.4, 0.5) is 8.78 Å². The van der Waals surface area contributed by atoms with Crippen LogP contribution in [-0.4, -0.2) is 9.99 Å². The number of carbonyl (C=O) groups excluding carboxylic acids is 1. The molecule has 2 aromatic carbocycles. The van der Waals surface area contributed by atoms with Gasteiger partial charge in [-0.2, -0.15) is 0 Å². The number of carbonyl (C=O) groups is 1. The van der Waals surface area contributed by atoms with E-state index in [9.17, 15) is 17.8 Å². The molecule has 0 atom stereocenters. The smallest absolute Gasteiger partial charge is 0.195 e. The Kier molecular flexibility index (Phi) is 2.38. The van der Waals surface area contributed by atoms with Gasteiger partial charge in [0.1, 0.15) is 11.6 Å². The minimum absolute atomic E-state index is 0.0337. The molecule has 18 heavy (non-hydrogen) atoms. The summed E-state index contributed by atoms with van der Waals surface area (Å²) in [7, 11) is -1.58. The van der Waals surface area contributed by atoms with Gasteiger partial charge in [-0.15, -0.1) is 0 Å². The van der Waals surface area contributed by atoms with E-state index in [-0.39, 0.29) is 20.9 Å². The zero-order valence-corrected chi connectivity index (χ0v) is 9.76. The molecule has 0 aliphatic carbocycles. The molecule has 0 spiro atoms. The molecule has 2 nitrogen and oxygen atoms in total. The van der Waals surface area contributed by atoms with Crippen molar-refractivity contribution in [2.75, 3.05) is 0 Å². The van der Waals surface area contributed by atoms with Crippen LogP contribution in [0.1, 0.15) is 15.9 Å². The normalized spacial score (nSPS) is 14.2. The molecule has 0 radical (unpaired) electrons. The van der Waals surface area contributed by atoms with E-state index in [0.717, 1.165) is 24.3 Å². The summed E-state index contributed by atoms with van der Waals surface area (Å²) >= 11 is 0. The number of fused-ring (bicyclic) bond motifs is 2. The third kappa shape index (κ3) is 1.51. The van der Waals surface area contributed by atoms with Crippen LogP contribution in [0.25, 0.3) is 0 Å². The van der Waals surface area contributed by atoms with Gasteiger partial charge in [-0.3, -0.25) is 4.79 Å². The molecular weight excluding hydrogens is 258 g/mol. The highest BCUT2D eigenvalue weighted by Gasteiger charge is 2.29. The third-order valence-electron chi connectivity index (χ3n) is 2.77. The van der Waals surface area contributed by atoms with Crippen LogP contribution in [-0.2, 0) is 10.8 Å². The van der Waals surface area contributed by atoms with Crippen molar-refractivity contribution in [1.82, 2.24) is 0 Å². The monoisotopic (exact) mass is 264 g/mol. The van der Waals surface area contributed by atoms with Crippen LogP contribution in [0.2, 0.25) is 0 Å². The summed E-state index contributed by atoms with van der Waals surface area (Å²) in [5, 5.41) is 0. The first-order chi connectivity index (χ1) is 8.58. The highest BCUT2D eigenvalue weighted by molar-refractivity contribution is 7.85. The van der Waals surface area contributed by atoms with Crippen molar-refractivity contribution in [3.8, 4) is 0 Å².